The summed E-state index contributed by atoms with van der Waals surface area (Å²) in [7, 11) is 5.58. The lowest BCUT2D eigenvalue weighted by Gasteiger charge is -2.25. The summed E-state index contributed by atoms with van der Waals surface area (Å²) in [4.78, 5) is 14.2. The predicted octanol–water partition coefficient (Wildman–Crippen LogP) is 2.80. The number of likely N-dealkylation sites (N-methyl/N-ethyl adjacent to an activating group) is 1. The number of carbonyl (C=O) groups excluding carboxylic acids is 1. The minimum Gasteiger partial charge on any atom is -0.493 e. The molecule has 1 N–H and O–H groups in total. The van der Waals surface area contributed by atoms with Crippen LogP contribution < -0.4 is 14.8 Å². The fourth-order valence-corrected chi connectivity index (χ4v) is 2.53. The van der Waals surface area contributed by atoms with Gasteiger partial charge in [0.05, 0.1) is 13.2 Å². The van der Waals surface area contributed by atoms with Crippen LogP contribution in [0.1, 0.15) is 17.2 Å². The van der Waals surface area contributed by atoms with Gasteiger partial charge in [0.2, 0.25) is 0 Å². The molecule has 0 aliphatic carbocycles. The number of nitrogens with zero attached hydrogens (tertiary/aromatic N) is 1. The Morgan fingerprint density at radius 3 is 2.32 bits per heavy atom. The number of amides is 1. The van der Waals surface area contributed by atoms with Crippen molar-refractivity contribution in [1.82, 2.24) is 10.2 Å². The lowest BCUT2D eigenvalue weighted by Crippen LogP contribution is -2.36. The summed E-state index contributed by atoms with van der Waals surface area (Å²) < 4.78 is 10.8. The SMILES string of the molecule is COc1ccccc1OCC(=O)NCC(c1ccc(C)cc1)N(C)C. The predicted molar refractivity (Wildman–Crippen MR) is 99.1 cm³/mol. The zero-order valence-corrected chi connectivity index (χ0v) is 15.3. The Bertz CT molecular complexity index is 684. The molecule has 1 unspecified atom stereocenters. The Hall–Kier alpha value is -2.53. The molecule has 0 aromatic heterocycles. The van der Waals surface area contributed by atoms with Crippen molar-refractivity contribution in [3.63, 3.8) is 0 Å². The largest absolute Gasteiger partial charge is 0.493 e. The monoisotopic (exact) mass is 342 g/mol. The third-order valence-corrected chi connectivity index (χ3v) is 4.01. The van der Waals surface area contributed by atoms with Gasteiger partial charge in [0.1, 0.15) is 0 Å². The number of rotatable bonds is 8. The zero-order valence-electron chi connectivity index (χ0n) is 15.3. The van der Waals surface area contributed by atoms with E-state index < -0.39 is 0 Å². The number of para-hydroxylation sites is 2. The number of hydrogen-bond acceptors (Lipinski definition) is 4. The summed E-state index contributed by atoms with van der Waals surface area (Å²) >= 11 is 0. The number of nitrogens with one attached hydrogen (secondary N) is 1. The van der Waals surface area contributed by atoms with E-state index in [0.717, 1.165) is 0 Å². The summed E-state index contributed by atoms with van der Waals surface area (Å²) in [6, 6.07) is 15.7. The number of ether oxygens (including phenoxy) is 2. The molecule has 25 heavy (non-hydrogen) atoms. The highest BCUT2D eigenvalue weighted by Gasteiger charge is 2.15. The van der Waals surface area contributed by atoms with Crippen molar-refractivity contribution in [3.8, 4) is 11.5 Å². The molecule has 0 radical (unpaired) electrons. The van der Waals surface area contributed by atoms with Gasteiger partial charge >= 0.3 is 0 Å². The molecule has 1 amide bonds. The van der Waals surface area contributed by atoms with E-state index in [0.29, 0.717) is 18.0 Å². The van der Waals surface area contributed by atoms with Crippen molar-refractivity contribution in [2.24, 2.45) is 0 Å². The summed E-state index contributed by atoms with van der Waals surface area (Å²) in [5, 5.41) is 2.94. The molecule has 0 spiro atoms. The Labute approximate surface area is 149 Å². The highest BCUT2D eigenvalue weighted by atomic mass is 16.5. The van der Waals surface area contributed by atoms with E-state index >= 15 is 0 Å². The second kappa shape index (κ2) is 9.08. The first kappa shape index (κ1) is 18.8. The Morgan fingerprint density at radius 1 is 1.08 bits per heavy atom. The Morgan fingerprint density at radius 2 is 1.72 bits per heavy atom. The van der Waals surface area contributed by atoms with E-state index in [-0.39, 0.29) is 18.6 Å². The highest BCUT2D eigenvalue weighted by Crippen LogP contribution is 2.25. The molecule has 2 aromatic carbocycles. The second-order valence-electron chi connectivity index (χ2n) is 6.13. The number of hydrogen-bond donors (Lipinski definition) is 1. The summed E-state index contributed by atoms with van der Waals surface area (Å²) in [5.74, 6) is 1.01. The van der Waals surface area contributed by atoms with Gasteiger partial charge in [0.15, 0.2) is 18.1 Å². The normalized spacial score (nSPS) is 11.9. The molecule has 0 aliphatic heterocycles. The number of methoxy groups -OCH3 is 1. The van der Waals surface area contributed by atoms with Crippen LogP contribution in [0.15, 0.2) is 48.5 Å². The maximum Gasteiger partial charge on any atom is 0.258 e. The quantitative estimate of drug-likeness (QED) is 0.801. The fourth-order valence-electron chi connectivity index (χ4n) is 2.53. The summed E-state index contributed by atoms with van der Waals surface area (Å²) in [5.41, 5.74) is 2.39. The minimum absolute atomic E-state index is 0.0472. The molecule has 134 valence electrons. The minimum atomic E-state index is -0.162. The maximum atomic E-state index is 12.1. The zero-order chi connectivity index (χ0) is 18.2. The van der Waals surface area contributed by atoms with Gasteiger partial charge in [-0.15, -0.1) is 0 Å². The van der Waals surface area contributed by atoms with Gasteiger partial charge in [0, 0.05) is 6.54 Å². The van der Waals surface area contributed by atoms with Crippen LogP contribution in [0.4, 0.5) is 0 Å². The molecule has 2 aromatic rings. The number of benzene rings is 2. The van der Waals surface area contributed by atoms with E-state index in [9.17, 15) is 4.79 Å². The molecule has 0 bridgehead atoms. The molecule has 0 heterocycles. The van der Waals surface area contributed by atoms with Crippen LogP contribution in [0, 0.1) is 6.92 Å². The van der Waals surface area contributed by atoms with Crippen molar-refractivity contribution in [2.75, 3.05) is 34.4 Å². The van der Waals surface area contributed by atoms with Crippen molar-refractivity contribution in [3.05, 3.63) is 59.7 Å². The molecule has 0 saturated heterocycles. The van der Waals surface area contributed by atoms with Crippen molar-refractivity contribution in [1.29, 1.82) is 0 Å². The van der Waals surface area contributed by atoms with Crippen LogP contribution in [-0.4, -0.2) is 45.2 Å². The van der Waals surface area contributed by atoms with E-state index in [1.807, 2.05) is 26.2 Å². The molecular weight excluding hydrogens is 316 g/mol. The van der Waals surface area contributed by atoms with Crippen molar-refractivity contribution < 1.29 is 14.3 Å². The molecule has 1 atom stereocenters. The smallest absolute Gasteiger partial charge is 0.258 e. The average molecular weight is 342 g/mol. The van der Waals surface area contributed by atoms with Gasteiger partial charge in [-0.25, -0.2) is 0 Å². The van der Waals surface area contributed by atoms with Gasteiger partial charge < -0.3 is 19.7 Å². The van der Waals surface area contributed by atoms with Gasteiger partial charge in [-0.3, -0.25) is 4.79 Å². The molecule has 5 heteroatoms. The van der Waals surface area contributed by atoms with Gasteiger partial charge in [-0.1, -0.05) is 42.0 Å². The third kappa shape index (κ3) is 5.50. The Kier molecular flexibility index (Phi) is 6.83. The van der Waals surface area contributed by atoms with E-state index in [2.05, 4.69) is 41.4 Å². The molecule has 0 aliphatic rings. The standard InChI is InChI=1S/C20H26N2O3/c1-15-9-11-16(12-10-15)17(22(2)3)13-21-20(23)14-25-19-8-6-5-7-18(19)24-4/h5-12,17H,13-14H2,1-4H3,(H,21,23). The summed E-state index contributed by atoms with van der Waals surface area (Å²) in [6.45, 7) is 2.53. The van der Waals surface area contributed by atoms with Gasteiger partial charge in [-0.2, -0.15) is 0 Å². The van der Waals surface area contributed by atoms with E-state index in [1.165, 1.54) is 11.1 Å². The first-order valence-corrected chi connectivity index (χ1v) is 8.26. The number of carbonyl (C=O) groups is 1. The lowest BCUT2D eigenvalue weighted by atomic mass is 10.0. The van der Waals surface area contributed by atoms with E-state index in [1.54, 1.807) is 19.2 Å². The topological polar surface area (TPSA) is 50.8 Å². The van der Waals surface area contributed by atoms with Crippen LogP contribution in [0.25, 0.3) is 0 Å². The van der Waals surface area contributed by atoms with Crippen molar-refractivity contribution in [2.45, 2.75) is 13.0 Å². The maximum absolute atomic E-state index is 12.1. The van der Waals surface area contributed by atoms with Crippen LogP contribution in [0.3, 0.4) is 0 Å². The fraction of sp³-hybridized carbons (Fsp3) is 0.350. The van der Waals surface area contributed by atoms with Gasteiger partial charge in [-0.05, 0) is 38.7 Å². The van der Waals surface area contributed by atoms with Crippen LogP contribution in [0.5, 0.6) is 11.5 Å². The number of aryl methyl sites for hydroxylation is 1. The third-order valence-electron chi connectivity index (χ3n) is 4.01. The highest BCUT2D eigenvalue weighted by molar-refractivity contribution is 5.77. The first-order valence-electron chi connectivity index (χ1n) is 8.26. The van der Waals surface area contributed by atoms with Crippen LogP contribution in [0.2, 0.25) is 0 Å². The van der Waals surface area contributed by atoms with Crippen molar-refractivity contribution >= 4 is 5.91 Å². The second-order valence-corrected chi connectivity index (χ2v) is 6.13. The van der Waals surface area contributed by atoms with Crippen LogP contribution in [-0.2, 0) is 4.79 Å². The first-order chi connectivity index (χ1) is 12.0. The molecule has 2 rings (SSSR count). The Balaban J connectivity index is 1.89. The molecule has 0 fully saturated rings. The molecular formula is C20H26N2O3. The van der Waals surface area contributed by atoms with Gasteiger partial charge in [0.25, 0.3) is 5.91 Å². The van der Waals surface area contributed by atoms with Crippen LogP contribution >= 0.6 is 0 Å². The molecule has 0 saturated carbocycles. The molecule has 5 nitrogen and oxygen atoms in total. The average Bonchev–Trinajstić information content (AvgIpc) is 2.61. The van der Waals surface area contributed by atoms with E-state index in [4.69, 9.17) is 9.47 Å². The summed E-state index contributed by atoms with van der Waals surface area (Å²) in [6.07, 6.45) is 0. The lowest BCUT2D eigenvalue weighted by molar-refractivity contribution is -0.123.